The van der Waals surface area contributed by atoms with Crippen LogP contribution in [0, 0.1) is 20.7 Å². The highest BCUT2D eigenvalue weighted by Crippen LogP contribution is 2.72. The van der Waals surface area contributed by atoms with Gasteiger partial charge in [-0.25, -0.2) is 4.39 Å². The third kappa shape index (κ3) is 4.01. The van der Waals surface area contributed by atoms with Crippen molar-refractivity contribution in [3.8, 4) is 0 Å². The molecule has 212 valence electrons. The molecule has 6 rings (SSSR count). The molecule has 0 radical (unpaired) electrons. The maximum atomic E-state index is 16.1. The molecule has 2 aromatic carbocycles. The van der Waals surface area contributed by atoms with Crippen molar-refractivity contribution in [3.63, 3.8) is 0 Å². The number of carbonyl (C=O) groups is 1. The number of carbonyl (C=O) groups excluding carboxylic acids is 1. The molecule has 40 heavy (non-hydrogen) atoms. The molecule has 2 fully saturated rings. The molecule has 1 amide bonds. The first-order valence-corrected chi connectivity index (χ1v) is 14.9. The summed E-state index contributed by atoms with van der Waals surface area (Å²) in [6.07, 6.45) is 1.17. The molecule has 6 atom stereocenters. The zero-order valence-electron chi connectivity index (χ0n) is 22.4. The third-order valence-corrected chi connectivity index (χ3v) is 10.0. The van der Waals surface area contributed by atoms with Crippen LogP contribution in [0.4, 0.5) is 15.9 Å². The summed E-state index contributed by atoms with van der Waals surface area (Å²) in [7, 11) is 0. The van der Waals surface area contributed by atoms with Crippen molar-refractivity contribution in [2.45, 2.75) is 62.9 Å². The maximum Gasteiger partial charge on any atom is 0.299 e. The van der Waals surface area contributed by atoms with Crippen molar-refractivity contribution >= 4 is 29.0 Å². The topological polar surface area (TPSA) is 111 Å². The summed E-state index contributed by atoms with van der Waals surface area (Å²) >= 11 is 7.97. The fraction of sp³-hybridized carbons (Fsp3) is 0.448. The Bertz CT molecular complexity index is 1490. The van der Waals surface area contributed by atoms with E-state index in [1.54, 1.807) is 69.9 Å². The normalized spacial score (nSPS) is 29.6. The number of rotatable bonds is 6. The molecular weight excluding hydrogens is 648 g/mol. The number of hydrogen-bond donors (Lipinski definition) is 5. The molecule has 11 heteroatoms. The molecule has 1 aromatic heterocycles. The van der Waals surface area contributed by atoms with Gasteiger partial charge >= 0.3 is 0 Å². The lowest BCUT2D eigenvalue weighted by atomic mass is 9.61. The van der Waals surface area contributed by atoms with Gasteiger partial charge in [0.1, 0.15) is 17.5 Å². The molecule has 2 aliphatic heterocycles. The van der Waals surface area contributed by atoms with Gasteiger partial charge in [0.05, 0.1) is 19.2 Å². The third-order valence-electron chi connectivity index (χ3n) is 8.91. The lowest BCUT2D eigenvalue weighted by molar-refractivity contribution is -0.333. The monoisotopic (exact) mass is 680 g/mol. The minimum absolute atomic E-state index is 0.0689. The Labute approximate surface area is 250 Å². The second-order valence-electron chi connectivity index (χ2n) is 12.1. The van der Waals surface area contributed by atoms with Crippen LogP contribution in [0.25, 0.3) is 0 Å². The zero-order valence-corrected chi connectivity index (χ0v) is 25.5. The molecule has 3 aromatic rings. The molecule has 1 saturated carbocycles. The second kappa shape index (κ2) is 9.65. The summed E-state index contributed by atoms with van der Waals surface area (Å²) in [4.78, 5) is 14.4. The first-order valence-electron chi connectivity index (χ1n) is 13.4. The maximum absolute atomic E-state index is 16.1. The van der Waals surface area contributed by atoms with Crippen molar-refractivity contribution in [2.75, 3.05) is 17.2 Å². The van der Waals surface area contributed by atoms with Crippen molar-refractivity contribution in [3.05, 3.63) is 74.2 Å². The summed E-state index contributed by atoms with van der Waals surface area (Å²) in [6.45, 7) is 6.69. The molecule has 1 aliphatic carbocycles. The van der Waals surface area contributed by atoms with Crippen molar-refractivity contribution in [2.24, 2.45) is 11.3 Å². The average molecular weight is 681 g/mol. The van der Waals surface area contributed by atoms with E-state index in [1.165, 1.54) is 0 Å². The number of aliphatic hydroxyl groups excluding tert-OH is 2. The van der Waals surface area contributed by atoms with Crippen LogP contribution >= 0.6 is 11.6 Å². The quantitative estimate of drug-likeness (QED) is 0.190. The Morgan fingerprint density at radius 3 is 2.77 bits per heavy atom. The molecule has 5 N–H and O–H groups in total. The van der Waals surface area contributed by atoms with Crippen LogP contribution in [0.3, 0.4) is 0 Å². The van der Waals surface area contributed by atoms with Crippen LogP contribution in [-0.4, -0.2) is 50.3 Å². The van der Waals surface area contributed by atoms with Gasteiger partial charge in [-0.3, -0.25) is 9.48 Å². The van der Waals surface area contributed by atoms with Gasteiger partial charge in [0.25, 0.3) is 22.6 Å². The van der Waals surface area contributed by atoms with E-state index in [4.69, 9.17) is 11.6 Å². The van der Waals surface area contributed by atoms with Crippen LogP contribution < -0.4 is 38.5 Å². The van der Waals surface area contributed by atoms with E-state index in [1.807, 2.05) is 6.07 Å². The molecule has 8 nitrogen and oxygen atoms in total. The summed E-state index contributed by atoms with van der Waals surface area (Å²) < 4.78 is 18.1. The minimum Gasteiger partial charge on any atom is -0.394 e. The predicted molar refractivity (Wildman–Crippen MR) is 147 cm³/mol. The molecule has 1 saturated heterocycles. The first-order chi connectivity index (χ1) is 18.9. The molecule has 0 bridgehead atoms. The van der Waals surface area contributed by atoms with E-state index < -0.39 is 29.1 Å². The van der Waals surface area contributed by atoms with Gasteiger partial charge in [-0.1, -0.05) is 50.6 Å². The summed E-state index contributed by atoms with van der Waals surface area (Å²) in [6, 6.07) is 11.6. The highest BCUT2D eigenvalue weighted by Gasteiger charge is 2.81. The van der Waals surface area contributed by atoms with E-state index in [-0.39, 0.29) is 29.7 Å². The Morgan fingerprint density at radius 1 is 1.30 bits per heavy atom. The number of nitrogens with one attached hydrogen (secondary N) is 3. The van der Waals surface area contributed by atoms with Gasteiger partial charge in [-0.15, -0.1) is 0 Å². The van der Waals surface area contributed by atoms with E-state index in [9.17, 15) is 15.0 Å². The van der Waals surface area contributed by atoms with Gasteiger partial charge < -0.3 is 26.2 Å². The fourth-order valence-corrected chi connectivity index (χ4v) is 8.10. The number of benzene rings is 2. The summed E-state index contributed by atoms with van der Waals surface area (Å²) in [5.41, 5.74) is -0.356. The molecule has 2 unspecified atom stereocenters. The van der Waals surface area contributed by atoms with E-state index in [2.05, 4.69) is 41.8 Å². The van der Waals surface area contributed by atoms with Crippen LogP contribution in [0.15, 0.2) is 48.7 Å². The smallest absolute Gasteiger partial charge is 0.299 e. The largest absolute Gasteiger partial charge is 0.394 e. The van der Waals surface area contributed by atoms with Crippen molar-refractivity contribution in [1.82, 2.24) is 15.1 Å². The highest BCUT2D eigenvalue weighted by atomic mass is 127. The van der Waals surface area contributed by atoms with Gasteiger partial charge in [0, 0.05) is 34.4 Å². The molecule has 2 spiro atoms. The second-order valence-corrected chi connectivity index (χ2v) is 13.8. The van der Waals surface area contributed by atoms with Crippen LogP contribution in [-0.2, 0) is 16.8 Å². The fourth-order valence-electron chi connectivity index (χ4n) is 7.37. The van der Waals surface area contributed by atoms with Crippen LogP contribution in [0.5, 0.6) is 0 Å². The van der Waals surface area contributed by atoms with Crippen molar-refractivity contribution in [1.29, 1.82) is 0 Å². The number of amides is 1. The number of aliphatic hydroxyl groups is 2. The minimum atomic E-state index is -1.22. The number of hydrogen-bond acceptors (Lipinski definition) is 6. The van der Waals surface area contributed by atoms with E-state index in [0.29, 0.717) is 38.6 Å². The average Bonchev–Trinajstić information content (AvgIpc) is 3.18. The summed E-state index contributed by atoms with van der Waals surface area (Å²) in [5.74, 6) is -0.885. The lowest BCUT2D eigenvalue weighted by Crippen LogP contribution is -3.34. The Hall–Kier alpha value is -2.25. The molecular formula is C29H33ClFIN5O3+. The number of nitrogens with zero attached hydrogens (tertiary/aromatic N) is 2. The van der Waals surface area contributed by atoms with Gasteiger partial charge in [0.15, 0.2) is 5.82 Å². The Balaban J connectivity index is 1.55. The number of aromatic nitrogens is 2. The van der Waals surface area contributed by atoms with E-state index in [0.717, 1.165) is 5.56 Å². The van der Waals surface area contributed by atoms with Gasteiger partial charge in [-0.05, 0) is 47.1 Å². The number of anilines is 2. The van der Waals surface area contributed by atoms with E-state index >= 15 is 4.39 Å². The lowest BCUT2D eigenvalue weighted by Gasteiger charge is -2.38. The SMILES string of the molecule is CC(C)(C)C1C[C@]12N[C@@H](C(O)Nc1ccn(CCO)n1)[C@H](c1cccc([IH+])c1F)[C@]21C(=O)Nc2cc(Cl)ccc21. The number of halogens is 3. The Morgan fingerprint density at radius 2 is 2.08 bits per heavy atom. The highest BCUT2D eigenvalue weighted by molar-refractivity contribution is 6.31. The summed E-state index contributed by atoms with van der Waals surface area (Å²) in [5, 5.41) is 35.8. The Kier molecular flexibility index (Phi) is 6.73. The zero-order chi connectivity index (χ0) is 28.6. The van der Waals surface area contributed by atoms with Crippen LogP contribution in [0.2, 0.25) is 5.02 Å². The van der Waals surface area contributed by atoms with Crippen molar-refractivity contribution < 1.29 is 42.0 Å². The number of fused-ring (bicyclic) bond motifs is 3. The molecule has 3 heterocycles. The van der Waals surface area contributed by atoms with Crippen LogP contribution in [0.1, 0.15) is 44.2 Å². The molecule has 3 aliphatic rings. The standard InChI is InChI=1S/C29H32ClFIN5O3/c1-27(2,3)20-14-28(20)29(17-8-7-15(30)13-19(17)33-26(29)40)22(16-5-4-6-18(32)23(16)31)24(35-28)25(39)34-21-9-10-37(36-21)11-12-38/h4-10,13,20,22,24-25,32,35,38-39H,11-12,14H2,1-3H3,(H-,33,34,36,40)/p+1/t20?,22-,24+,25?,28-,29+/m0/s1. The predicted octanol–water partition coefficient (Wildman–Crippen LogP) is 0.304. The van der Waals surface area contributed by atoms with Gasteiger partial charge in [-0.2, -0.15) is 5.10 Å². The first kappa shape index (κ1) is 27.9. The van der Waals surface area contributed by atoms with Gasteiger partial charge in [0.2, 0.25) is 9.48 Å².